The average molecular weight is 373 g/mol. The number of aromatic nitrogens is 3. The molecule has 0 saturated carbocycles. The van der Waals surface area contributed by atoms with Crippen LogP contribution >= 0.6 is 11.8 Å². The minimum Gasteiger partial charge on any atom is -0.411 e. The summed E-state index contributed by atoms with van der Waals surface area (Å²) in [7, 11) is 0. The van der Waals surface area contributed by atoms with Gasteiger partial charge >= 0.3 is 0 Å². The third-order valence-corrected chi connectivity index (χ3v) is 6.05. The fraction of sp³-hybridized carbons (Fsp3) is 0.556. The Morgan fingerprint density at radius 3 is 3.00 bits per heavy atom. The van der Waals surface area contributed by atoms with Crippen LogP contribution in [0, 0.1) is 5.41 Å². The smallest absolute Gasteiger partial charge is 0.276 e. The van der Waals surface area contributed by atoms with Crippen LogP contribution in [0.2, 0.25) is 0 Å². The molecule has 4 rings (SSSR count). The molecule has 138 valence electrons. The van der Waals surface area contributed by atoms with Crippen molar-refractivity contribution in [3.63, 3.8) is 0 Å². The second kappa shape index (κ2) is 7.75. The van der Waals surface area contributed by atoms with Crippen LogP contribution in [-0.4, -0.2) is 57.9 Å². The summed E-state index contributed by atoms with van der Waals surface area (Å²) in [6.45, 7) is 3.94. The number of amides is 1. The van der Waals surface area contributed by atoms with Crippen molar-refractivity contribution >= 4 is 17.7 Å². The molecule has 26 heavy (non-hydrogen) atoms. The molecule has 0 aromatic carbocycles. The van der Waals surface area contributed by atoms with Crippen molar-refractivity contribution in [2.75, 3.05) is 31.9 Å². The molecule has 1 atom stereocenters. The van der Waals surface area contributed by atoms with E-state index in [9.17, 15) is 4.79 Å². The van der Waals surface area contributed by atoms with Crippen LogP contribution in [0.3, 0.4) is 0 Å². The highest BCUT2D eigenvalue weighted by Crippen LogP contribution is 2.36. The van der Waals surface area contributed by atoms with Gasteiger partial charge in [-0.3, -0.25) is 9.78 Å². The predicted molar refractivity (Wildman–Crippen MR) is 98.6 cm³/mol. The highest BCUT2D eigenvalue weighted by molar-refractivity contribution is 7.99. The molecule has 8 heteroatoms. The number of rotatable bonds is 5. The first-order chi connectivity index (χ1) is 12.7. The second-order valence-electron chi connectivity index (χ2n) is 7.05. The lowest BCUT2D eigenvalue weighted by molar-refractivity contribution is -0.130. The SMILES string of the molecule is O=C(CCSc1nnc(-c2ccncc2)o1)N1CC[C@]2(CCCNC2)C1. The van der Waals surface area contributed by atoms with E-state index in [4.69, 9.17) is 4.42 Å². The Bertz CT molecular complexity index is 745. The molecule has 1 amide bonds. The van der Waals surface area contributed by atoms with Gasteiger partial charge < -0.3 is 14.6 Å². The van der Waals surface area contributed by atoms with Gasteiger partial charge in [0.05, 0.1) is 0 Å². The maximum absolute atomic E-state index is 12.5. The number of thioether (sulfide) groups is 1. The van der Waals surface area contributed by atoms with E-state index < -0.39 is 0 Å². The van der Waals surface area contributed by atoms with E-state index in [0.29, 0.717) is 28.7 Å². The van der Waals surface area contributed by atoms with Gasteiger partial charge in [-0.05, 0) is 37.9 Å². The van der Waals surface area contributed by atoms with E-state index in [2.05, 4.69) is 20.5 Å². The van der Waals surface area contributed by atoms with Gasteiger partial charge in [0, 0.05) is 55.2 Å². The summed E-state index contributed by atoms with van der Waals surface area (Å²) in [4.78, 5) is 18.5. The van der Waals surface area contributed by atoms with Gasteiger partial charge in [0.15, 0.2) is 0 Å². The van der Waals surface area contributed by atoms with Gasteiger partial charge in [0.25, 0.3) is 5.22 Å². The number of likely N-dealkylation sites (tertiary alicyclic amines) is 1. The Labute approximate surface area is 157 Å². The van der Waals surface area contributed by atoms with Crippen molar-refractivity contribution in [3.8, 4) is 11.5 Å². The standard InChI is InChI=1S/C18H23N5O2S/c24-15(23-10-6-18(13-23)5-1-7-20-12-18)4-11-26-17-22-21-16(25-17)14-2-8-19-9-3-14/h2-3,8-9,20H,1,4-7,10-13H2/t18-/m0/s1. The van der Waals surface area contributed by atoms with E-state index >= 15 is 0 Å². The van der Waals surface area contributed by atoms with Crippen LogP contribution in [0.1, 0.15) is 25.7 Å². The molecule has 1 spiro atoms. The lowest BCUT2D eigenvalue weighted by Gasteiger charge is -2.33. The fourth-order valence-corrected chi connectivity index (χ4v) is 4.48. The molecule has 2 aliphatic heterocycles. The molecule has 2 aromatic rings. The number of nitrogens with one attached hydrogen (secondary N) is 1. The maximum Gasteiger partial charge on any atom is 0.276 e. The van der Waals surface area contributed by atoms with Gasteiger partial charge in [-0.1, -0.05) is 11.8 Å². The zero-order valence-corrected chi connectivity index (χ0v) is 15.5. The second-order valence-corrected chi connectivity index (χ2v) is 8.10. The molecule has 0 unspecified atom stereocenters. The molecule has 4 heterocycles. The van der Waals surface area contributed by atoms with E-state index in [-0.39, 0.29) is 5.91 Å². The van der Waals surface area contributed by atoms with Crippen molar-refractivity contribution in [2.24, 2.45) is 5.41 Å². The average Bonchev–Trinajstić information content (AvgIpc) is 3.31. The summed E-state index contributed by atoms with van der Waals surface area (Å²) in [6.07, 6.45) is 7.46. The van der Waals surface area contributed by atoms with E-state index in [0.717, 1.165) is 38.2 Å². The van der Waals surface area contributed by atoms with Crippen molar-refractivity contribution in [2.45, 2.75) is 30.9 Å². The van der Waals surface area contributed by atoms with Crippen LogP contribution in [-0.2, 0) is 4.79 Å². The zero-order chi connectivity index (χ0) is 17.8. The molecule has 2 aromatic heterocycles. The number of pyridine rings is 1. The third-order valence-electron chi connectivity index (χ3n) is 5.23. The summed E-state index contributed by atoms with van der Waals surface area (Å²) in [5.41, 5.74) is 1.16. The highest BCUT2D eigenvalue weighted by atomic mass is 32.2. The number of carbonyl (C=O) groups excluding carboxylic acids is 1. The molecule has 1 N–H and O–H groups in total. The lowest BCUT2D eigenvalue weighted by Crippen LogP contribution is -2.42. The Morgan fingerprint density at radius 2 is 2.19 bits per heavy atom. The number of carbonyl (C=O) groups is 1. The third kappa shape index (κ3) is 3.91. The van der Waals surface area contributed by atoms with Crippen molar-refractivity contribution in [3.05, 3.63) is 24.5 Å². The van der Waals surface area contributed by atoms with Gasteiger partial charge in [-0.2, -0.15) is 0 Å². The number of piperidine rings is 1. The molecule has 2 aliphatic rings. The Hall–Kier alpha value is -1.93. The molecular formula is C18H23N5O2S. The van der Waals surface area contributed by atoms with Crippen LogP contribution in [0.4, 0.5) is 0 Å². The molecule has 7 nitrogen and oxygen atoms in total. The first kappa shape index (κ1) is 17.5. The first-order valence-corrected chi connectivity index (χ1v) is 10.1. The molecule has 2 fully saturated rings. The summed E-state index contributed by atoms with van der Waals surface area (Å²) in [5, 5.41) is 12.1. The van der Waals surface area contributed by atoms with Gasteiger partial charge in [0.2, 0.25) is 11.8 Å². The van der Waals surface area contributed by atoms with E-state index in [1.165, 1.54) is 24.6 Å². The zero-order valence-electron chi connectivity index (χ0n) is 14.7. The predicted octanol–water partition coefficient (Wildman–Crippen LogP) is 2.22. The van der Waals surface area contributed by atoms with Crippen molar-refractivity contribution in [1.29, 1.82) is 0 Å². The topological polar surface area (TPSA) is 84.1 Å². The van der Waals surface area contributed by atoms with E-state index in [1.54, 1.807) is 12.4 Å². The monoisotopic (exact) mass is 373 g/mol. The number of hydrogen-bond acceptors (Lipinski definition) is 7. The van der Waals surface area contributed by atoms with Gasteiger partial charge in [0.1, 0.15) is 0 Å². The first-order valence-electron chi connectivity index (χ1n) is 9.09. The Morgan fingerprint density at radius 1 is 1.31 bits per heavy atom. The molecule has 0 bridgehead atoms. The van der Waals surface area contributed by atoms with Crippen LogP contribution in [0.5, 0.6) is 0 Å². The number of hydrogen-bond donors (Lipinski definition) is 1. The van der Waals surface area contributed by atoms with Crippen molar-refractivity contribution in [1.82, 2.24) is 25.4 Å². The summed E-state index contributed by atoms with van der Waals surface area (Å²) in [6, 6.07) is 3.66. The van der Waals surface area contributed by atoms with Gasteiger partial charge in [-0.25, -0.2) is 0 Å². The van der Waals surface area contributed by atoms with E-state index in [1.807, 2.05) is 17.0 Å². The quantitative estimate of drug-likeness (QED) is 0.805. The normalized spacial score (nSPS) is 22.8. The summed E-state index contributed by atoms with van der Waals surface area (Å²) >= 11 is 1.43. The minimum absolute atomic E-state index is 0.230. The molecule has 0 radical (unpaired) electrons. The Kier molecular flexibility index (Phi) is 5.21. The Balaban J connectivity index is 1.25. The summed E-state index contributed by atoms with van der Waals surface area (Å²) < 4.78 is 5.65. The highest BCUT2D eigenvalue weighted by Gasteiger charge is 2.40. The van der Waals surface area contributed by atoms with Gasteiger partial charge in [-0.15, -0.1) is 10.2 Å². The molecular weight excluding hydrogens is 350 g/mol. The fourth-order valence-electron chi connectivity index (χ4n) is 3.79. The van der Waals surface area contributed by atoms with Crippen LogP contribution in [0.15, 0.2) is 34.2 Å². The largest absolute Gasteiger partial charge is 0.411 e. The molecule has 0 aliphatic carbocycles. The molecule has 2 saturated heterocycles. The van der Waals surface area contributed by atoms with Crippen molar-refractivity contribution < 1.29 is 9.21 Å². The number of nitrogens with zero attached hydrogens (tertiary/aromatic N) is 4. The van der Waals surface area contributed by atoms with Crippen LogP contribution < -0.4 is 5.32 Å². The lowest BCUT2D eigenvalue weighted by atomic mass is 9.80. The summed E-state index contributed by atoms with van der Waals surface area (Å²) in [5.74, 6) is 1.36. The van der Waals surface area contributed by atoms with Crippen LogP contribution in [0.25, 0.3) is 11.5 Å². The minimum atomic E-state index is 0.230. The maximum atomic E-state index is 12.5.